The van der Waals surface area contributed by atoms with Crippen LogP contribution >= 0.6 is 22.9 Å². The number of hydrogen-bond acceptors (Lipinski definition) is 3. The van der Waals surface area contributed by atoms with Gasteiger partial charge in [0.1, 0.15) is 5.82 Å². The Hall–Kier alpha value is -1.43. The zero-order chi connectivity index (χ0) is 14.8. The van der Waals surface area contributed by atoms with E-state index in [4.69, 9.17) is 16.3 Å². The Morgan fingerprint density at radius 1 is 1.43 bits per heavy atom. The van der Waals surface area contributed by atoms with E-state index in [1.165, 1.54) is 23.5 Å². The molecular formula is C15H13ClFNO2S. The highest BCUT2D eigenvalue weighted by molar-refractivity contribution is 7.12. The van der Waals surface area contributed by atoms with Crippen LogP contribution in [0.25, 0.3) is 0 Å². The molecule has 3 rings (SSSR count). The van der Waals surface area contributed by atoms with Gasteiger partial charge in [-0.25, -0.2) is 4.39 Å². The maximum Gasteiger partial charge on any atom is 0.264 e. The summed E-state index contributed by atoms with van der Waals surface area (Å²) < 4.78 is 18.6. The second-order valence-corrected chi connectivity index (χ2v) is 6.21. The van der Waals surface area contributed by atoms with Gasteiger partial charge in [0.15, 0.2) is 0 Å². The molecule has 1 fully saturated rings. The molecule has 21 heavy (non-hydrogen) atoms. The van der Waals surface area contributed by atoms with Gasteiger partial charge in [-0.05, 0) is 29.1 Å². The van der Waals surface area contributed by atoms with E-state index in [0.29, 0.717) is 24.7 Å². The molecule has 1 aromatic carbocycles. The SMILES string of the molecule is O=C(c1cccs1)N1CC(OCc2ccc(F)cc2Cl)C1. The highest BCUT2D eigenvalue weighted by Gasteiger charge is 2.32. The van der Waals surface area contributed by atoms with Gasteiger partial charge in [0.2, 0.25) is 0 Å². The number of amides is 1. The van der Waals surface area contributed by atoms with E-state index < -0.39 is 0 Å². The molecule has 2 aromatic rings. The van der Waals surface area contributed by atoms with Crippen molar-refractivity contribution in [3.63, 3.8) is 0 Å². The molecule has 1 aliphatic rings. The fraction of sp³-hybridized carbons (Fsp3) is 0.267. The van der Waals surface area contributed by atoms with Crippen LogP contribution in [0.4, 0.5) is 4.39 Å². The molecule has 2 heterocycles. The molecule has 110 valence electrons. The molecule has 0 atom stereocenters. The van der Waals surface area contributed by atoms with Crippen molar-refractivity contribution < 1.29 is 13.9 Å². The van der Waals surface area contributed by atoms with E-state index in [1.807, 2.05) is 17.5 Å². The summed E-state index contributed by atoms with van der Waals surface area (Å²) in [6, 6.07) is 7.93. The van der Waals surface area contributed by atoms with Gasteiger partial charge in [-0.15, -0.1) is 11.3 Å². The minimum absolute atomic E-state index is 0.00929. The number of halogens is 2. The van der Waals surface area contributed by atoms with E-state index >= 15 is 0 Å². The summed E-state index contributed by atoms with van der Waals surface area (Å²) in [5, 5.41) is 2.25. The Balaban J connectivity index is 1.48. The Labute approximate surface area is 130 Å². The summed E-state index contributed by atoms with van der Waals surface area (Å²) in [6.07, 6.45) is 0.00929. The number of ether oxygens (including phenoxy) is 1. The van der Waals surface area contributed by atoms with Gasteiger partial charge in [0, 0.05) is 18.1 Å². The second kappa shape index (κ2) is 6.13. The smallest absolute Gasteiger partial charge is 0.264 e. The molecule has 1 amide bonds. The first-order valence-electron chi connectivity index (χ1n) is 6.52. The normalized spacial score (nSPS) is 15.0. The minimum atomic E-state index is -0.361. The third-order valence-electron chi connectivity index (χ3n) is 3.36. The highest BCUT2D eigenvalue weighted by Crippen LogP contribution is 2.22. The third-order valence-corrected chi connectivity index (χ3v) is 4.57. The van der Waals surface area contributed by atoms with Gasteiger partial charge in [0.25, 0.3) is 5.91 Å². The van der Waals surface area contributed by atoms with Crippen LogP contribution in [-0.4, -0.2) is 30.0 Å². The topological polar surface area (TPSA) is 29.5 Å². The first-order valence-corrected chi connectivity index (χ1v) is 7.77. The maximum absolute atomic E-state index is 12.9. The van der Waals surface area contributed by atoms with Crippen molar-refractivity contribution in [1.82, 2.24) is 4.90 Å². The molecule has 1 aromatic heterocycles. The van der Waals surface area contributed by atoms with Crippen molar-refractivity contribution in [2.24, 2.45) is 0 Å². The van der Waals surface area contributed by atoms with Crippen molar-refractivity contribution in [2.45, 2.75) is 12.7 Å². The molecule has 0 saturated carbocycles. The van der Waals surface area contributed by atoms with Crippen LogP contribution in [-0.2, 0) is 11.3 Å². The standard InChI is InChI=1S/C15H13ClFNO2S/c16-13-6-11(17)4-3-10(13)9-20-12-7-18(8-12)15(19)14-2-1-5-21-14/h1-6,12H,7-9H2. The molecule has 0 spiro atoms. The number of carbonyl (C=O) groups excluding carboxylic acids is 1. The number of nitrogens with zero attached hydrogens (tertiary/aromatic N) is 1. The van der Waals surface area contributed by atoms with Gasteiger partial charge < -0.3 is 9.64 Å². The summed E-state index contributed by atoms with van der Waals surface area (Å²) in [5.74, 6) is -0.315. The third kappa shape index (κ3) is 3.26. The molecule has 6 heteroatoms. The van der Waals surface area contributed by atoms with E-state index in [9.17, 15) is 9.18 Å². The summed E-state index contributed by atoms with van der Waals surface area (Å²) in [6.45, 7) is 1.48. The molecule has 3 nitrogen and oxygen atoms in total. The monoisotopic (exact) mass is 325 g/mol. The lowest BCUT2D eigenvalue weighted by Crippen LogP contribution is -2.54. The van der Waals surface area contributed by atoms with E-state index in [1.54, 1.807) is 11.0 Å². The van der Waals surface area contributed by atoms with Gasteiger partial charge in [0.05, 0.1) is 17.6 Å². The lowest BCUT2D eigenvalue weighted by atomic mass is 10.1. The Bertz CT molecular complexity index is 641. The zero-order valence-corrected chi connectivity index (χ0v) is 12.7. The first-order chi connectivity index (χ1) is 10.1. The van der Waals surface area contributed by atoms with Crippen LogP contribution in [0.2, 0.25) is 5.02 Å². The number of likely N-dealkylation sites (tertiary alicyclic amines) is 1. The average molecular weight is 326 g/mol. The molecule has 0 radical (unpaired) electrons. The molecule has 0 bridgehead atoms. The fourth-order valence-electron chi connectivity index (χ4n) is 2.11. The molecule has 1 saturated heterocycles. The predicted octanol–water partition coefficient (Wildman–Crippen LogP) is 3.58. The lowest BCUT2D eigenvalue weighted by Gasteiger charge is -2.38. The highest BCUT2D eigenvalue weighted by atomic mass is 35.5. The van der Waals surface area contributed by atoms with E-state index in [2.05, 4.69) is 0 Å². The van der Waals surface area contributed by atoms with Crippen molar-refractivity contribution in [3.05, 3.63) is 57.0 Å². The zero-order valence-electron chi connectivity index (χ0n) is 11.1. The molecule has 0 aliphatic carbocycles. The molecular weight excluding hydrogens is 313 g/mol. The first kappa shape index (κ1) is 14.5. The van der Waals surface area contributed by atoms with Crippen molar-refractivity contribution in [2.75, 3.05) is 13.1 Å². The summed E-state index contributed by atoms with van der Waals surface area (Å²) in [7, 11) is 0. The summed E-state index contributed by atoms with van der Waals surface area (Å²) in [5.41, 5.74) is 0.751. The van der Waals surface area contributed by atoms with Crippen LogP contribution < -0.4 is 0 Å². The number of rotatable bonds is 4. The second-order valence-electron chi connectivity index (χ2n) is 4.86. The predicted molar refractivity (Wildman–Crippen MR) is 80.2 cm³/mol. The minimum Gasteiger partial charge on any atom is -0.370 e. The van der Waals surface area contributed by atoms with E-state index in [-0.39, 0.29) is 17.8 Å². The Kier molecular flexibility index (Phi) is 4.24. The number of carbonyl (C=O) groups is 1. The van der Waals surface area contributed by atoms with Crippen LogP contribution in [0.15, 0.2) is 35.7 Å². The van der Waals surface area contributed by atoms with Gasteiger partial charge in [-0.1, -0.05) is 23.7 Å². The number of hydrogen-bond donors (Lipinski definition) is 0. The number of benzene rings is 1. The van der Waals surface area contributed by atoms with Crippen molar-refractivity contribution >= 4 is 28.8 Å². The quantitative estimate of drug-likeness (QED) is 0.860. The molecule has 1 aliphatic heterocycles. The van der Waals surface area contributed by atoms with Crippen molar-refractivity contribution in [3.8, 4) is 0 Å². The lowest BCUT2D eigenvalue weighted by molar-refractivity contribution is -0.0501. The van der Waals surface area contributed by atoms with Crippen LogP contribution in [0.3, 0.4) is 0 Å². The molecule has 0 N–H and O–H groups in total. The Morgan fingerprint density at radius 3 is 2.90 bits per heavy atom. The van der Waals surface area contributed by atoms with Crippen molar-refractivity contribution in [1.29, 1.82) is 0 Å². The van der Waals surface area contributed by atoms with E-state index in [0.717, 1.165) is 10.4 Å². The average Bonchev–Trinajstić information content (AvgIpc) is 2.92. The van der Waals surface area contributed by atoms with Crippen LogP contribution in [0.5, 0.6) is 0 Å². The van der Waals surface area contributed by atoms with Gasteiger partial charge >= 0.3 is 0 Å². The van der Waals surface area contributed by atoms with Gasteiger partial charge in [-0.2, -0.15) is 0 Å². The Morgan fingerprint density at radius 2 is 2.24 bits per heavy atom. The molecule has 0 unspecified atom stereocenters. The number of thiophene rings is 1. The summed E-state index contributed by atoms with van der Waals surface area (Å²) in [4.78, 5) is 14.5. The van der Waals surface area contributed by atoms with Gasteiger partial charge in [-0.3, -0.25) is 4.79 Å². The largest absolute Gasteiger partial charge is 0.370 e. The summed E-state index contributed by atoms with van der Waals surface area (Å²) >= 11 is 7.38. The van der Waals surface area contributed by atoms with Crippen LogP contribution in [0.1, 0.15) is 15.2 Å². The maximum atomic E-state index is 12.9. The van der Waals surface area contributed by atoms with Crippen LogP contribution in [0, 0.1) is 5.82 Å². The fourth-order valence-corrected chi connectivity index (χ4v) is 3.02.